The van der Waals surface area contributed by atoms with Crippen LogP contribution in [0.5, 0.6) is 0 Å². The number of rotatable bonds is 5. The van der Waals surface area contributed by atoms with Crippen LogP contribution in [0.4, 0.5) is 0 Å². The molecule has 1 atom stereocenters. The summed E-state index contributed by atoms with van der Waals surface area (Å²) in [6.45, 7) is 0.942. The van der Waals surface area contributed by atoms with E-state index in [9.17, 15) is 9.59 Å². The van der Waals surface area contributed by atoms with E-state index in [1.807, 2.05) is 0 Å². The summed E-state index contributed by atoms with van der Waals surface area (Å²) in [5, 5.41) is 1.40. The number of hydrogen-bond acceptors (Lipinski definition) is 6. The van der Waals surface area contributed by atoms with E-state index in [1.165, 1.54) is 22.2 Å². The lowest BCUT2D eigenvalue weighted by molar-refractivity contribution is -0.118. The maximum Gasteiger partial charge on any atom is 0.263 e. The van der Waals surface area contributed by atoms with Gasteiger partial charge in [0, 0.05) is 18.4 Å². The quantitative estimate of drug-likeness (QED) is 0.575. The largest absolute Gasteiger partial charge is 0.383 e. The molecule has 2 heterocycles. The van der Waals surface area contributed by atoms with Gasteiger partial charge in [-0.25, -0.2) is 4.98 Å². The lowest BCUT2D eigenvalue weighted by Gasteiger charge is -2.16. The summed E-state index contributed by atoms with van der Waals surface area (Å²) >= 11 is 3.15. The number of carbonyl (C=O) groups is 1. The van der Waals surface area contributed by atoms with Crippen molar-refractivity contribution in [3.05, 3.63) is 20.8 Å². The van der Waals surface area contributed by atoms with Crippen molar-refractivity contribution in [2.45, 2.75) is 68.3 Å². The summed E-state index contributed by atoms with van der Waals surface area (Å²) in [5.41, 5.74) is 1.24. The third-order valence-electron chi connectivity index (χ3n) is 5.31. The van der Waals surface area contributed by atoms with E-state index in [0.717, 1.165) is 55.2 Å². The van der Waals surface area contributed by atoms with Gasteiger partial charge in [-0.1, -0.05) is 24.6 Å². The van der Waals surface area contributed by atoms with Crippen molar-refractivity contribution < 1.29 is 9.53 Å². The van der Waals surface area contributed by atoms with Crippen molar-refractivity contribution in [3.8, 4) is 0 Å². The van der Waals surface area contributed by atoms with Gasteiger partial charge in [-0.3, -0.25) is 14.2 Å². The van der Waals surface area contributed by atoms with Crippen molar-refractivity contribution in [2.75, 3.05) is 13.7 Å². The van der Waals surface area contributed by atoms with E-state index in [1.54, 1.807) is 23.0 Å². The van der Waals surface area contributed by atoms with Gasteiger partial charge in [-0.15, -0.1) is 11.3 Å². The Morgan fingerprint density at radius 3 is 2.92 bits per heavy atom. The molecule has 0 unspecified atom stereocenters. The number of carbonyl (C=O) groups excluding carboxylic acids is 1. The van der Waals surface area contributed by atoms with Gasteiger partial charge in [-0.05, 0) is 37.7 Å². The highest BCUT2D eigenvalue weighted by Crippen LogP contribution is 2.37. The molecule has 0 aromatic carbocycles. The molecule has 0 radical (unpaired) electrons. The second-order valence-corrected chi connectivity index (χ2v) is 9.31. The fraction of sp³-hybridized carbons (Fsp3) is 0.632. The topological polar surface area (TPSA) is 61.2 Å². The highest BCUT2D eigenvalue weighted by Gasteiger charge is 2.27. The lowest BCUT2D eigenvalue weighted by Crippen LogP contribution is -2.27. The number of hydrogen-bond donors (Lipinski definition) is 0. The van der Waals surface area contributed by atoms with Crippen LogP contribution in [0.25, 0.3) is 10.2 Å². The first-order valence-electron chi connectivity index (χ1n) is 9.42. The minimum atomic E-state index is -0.0811. The van der Waals surface area contributed by atoms with Crippen molar-refractivity contribution in [3.63, 3.8) is 0 Å². The van der Waals surface area contributed by atoms with Gasteiger partial charge < -0.3 is 4.74 Å². The Kier molecular flexibility index (Phi) is 5.47. The zero-order chi connectivity index (χ0) is 18.1. The van der Waals surface area contributed by atoms with Crippen molar-refractivity contribution >= 4 is 39.1 Å². The number of ketones is 1. The molecule has 0 bridgehead atoms. The van der Waals surface area contributed by atoms with Crippen LogP contribution in [0.2, 0.25) is 0 Å². The highest BCUT2D eigenvalue weighted by molar-refractivity contribution is 8.00. The molecule has 1 fully saturated rings. The standard InChI is InChI=1S/C19H24N2O3S2/c1-24-11-10-21-18(23)16-12-6-5-9-14(12)25-17(16)20-19(21)26-15-8-4-2-3-7-13(15)22/h15H,2-11H2,1H3/t15-/m0/s1. The van der Waals surface area contributed by atoms with Crippen molar-refractivity contribution in [2.24, 2.45) is 0 Å². The molecule has 0 amide bonds. The van der Waals surface area contributed by atoms with E-state index < -0.39 is 0 Å². The monoisotopic (exact) mass is 392 g/mol. The number of Topliss-reactive ketones (excluding diaryl/α,β-unsaturated/α-hetero) is 1. The molecule has 2 aliphatic carbocycles. The Morgan fingerprint density at radius 1 is 1.19 bits per heavy atom. The third-order valence-corrected chi connectivity index (χ3v) is 7.80. The molecule has 7 heteroatoms. The van der Waals surface area contributed by atoms with E-state index in [2.05, 4.69) is 0 Å². The number of aryl methyl sites for hydroxylation is 2. The average Bonchev–Trinajstić information content (AvgIpc) is 3.14. The molecule has 5 nitrogen and oxygen atoms in total. The number of aromatic nitrogens is 2. The number of nitrogens with zero attached hydrogens (tertiary/aromatic N) is 2. The summed E-state index contributed by atoms with van der Waals surface area (Å²) in [6.07, 6.45) is 7.85. The summed E-state index contributed by atoms with van der Waals surface area (Å²) in [6, 6.07) is 0. The molecular weight excluding hydrogens is 368 g/mol. The van der Waals surface area contributed by atoms with Crippen molar-refractivity contribution in [1.29, 1.82) is 0 Å². The Hall–Kier alpha value is -1.18. The molecule has 26 heavy (non-hydrogen) atoms. The van der Waals surface area contributed by atoms with Gasteiger partial charge in [0.15, 0.2) is 5.16 Å². The predicted molar refractivity (Wildman–Crippen MR) is 106 cm³/mol. The maximum absolute atomic E-state index is 13.2. The van der Waals surface area contributed by atoms with Crippen LogP contribution in [-0.2, 0) is 28.9 Å². The lowest BCUT2D eigenvalue weighted by atomic mass is 10.2. The first-order valence-corrected chi connectivity index (χ1v) is 11.1. The number of fused-ring (bicyclic) bond motifs is 3. The van der Waals surface area contributed by atoms with Crippen LogP contribution in [0.15, 0.2) is 9.95 Å². The van der Waals surface area contributed by atoms with E-state index in [-0.39, 0.29) is 10.8 Å². The minimum Gasteiger partial charge on any atom is -0.383 e. The molecule has 0 spiro atoms. The SMILES string of the molecule is COCCn1c(S[C@H]2CCCCCC2=O)nc2sc3c(c2c1=O)CCC3. The van der Waals surface area contributed by atoms with Crippen LogP contribution in [0.3, 0.4) is 0 Å². The average molecular weight is 393 g/mol. The summed E-state index contributed by atoms with van der Waals surface area (Å²) in [7, 11) is 1.64. The molecule has 2 aliphatic rings. The molecule has 0 saturated heterocycles. The molecule has 140 valence electrons. The molecular formula is C19H24N2O3S2. The first-order chi connectivity index (χ1) is 12.7. The summed E-state index contributed by atoms with van der Waals surface area (Å²) < 4.78 is 6.95. The number of thiophene rings is 1. The van der Waals surface area contributed by atoms with Gasteiger partial charge in [0.05, 0.1) is 23.8 Å². The van der Waals surface area contributed by atoms with E-state index in [0.29, 0.717) is 30.5 Å². The third kappa shape index (κ3) is 3.37. The first kappa shape index (κ1) is 18.2. The molecule has 0 N–H and O–H groups in total. The van der Waals surface area contributed by atoms with Crippen LogP contribution in [-0.4, -0.2) is 34.3 Å². The summed E-state index contributed by atoms with van der Waals surface area (Å²) in [5.74, 6) is 0.300. The van der Waals surface area contributed by atoms with Gasteiger partial charge in [0.1, 0.15) is 10.6 Å². The Labute approximate surface area is 161 Å². The number of ether oxygens (including phenoxy) is 1. The Balaban J connectivity index is 1.77. The fourth-order valence-electron chi connectivity index (χ4n) is 3.91. The molecule has 4 rings (SSSR count). The van der Waals surface area contributed by atoms with Crippen LogP contribution < -0.4 is 5.56 Å². The second-order valence-electron chi connectivity index (χ2n) is 7.05. The Morgan fingerprint density at radius 2 is 2.08 bits per heavy atom. The predicted octanol–water partition coefficient (Wildman–Crippen LogP) is 3.59. The second kappa shape index (κ2) is 7.82. The molecule has 0 aliphatic heterocycles. The molecule has 2 aromatic rings. The van der Waals surface area contributed by atoms with Crippen LogP contribution in [0.1, 0.15) is 49.0 Å². The van der Waals surface area contributed by atoms with Crippen molar-refractivity contribution in [1.82, 2.24) is 9.55 Å². The molecule has 1 saturated carbocycles. The normalized spacial score (nSPS) is 20.5. The zero-order valence-corrected chi connectivity index (χ0v) is 16.7. The van der Waals surface area contributed by atoms with Gasteiger partial charge in [0.25, 0.3) is 5.56 Å². The minimum absolute atomic E-state index is 0.0371. The van der Waals surface area contributed by atoms with Gasteiger partial charge in [-0.2, -0.15) is 0 Å². The fourth-order valence-corrected chi connectivity index (χ4v) is 6.45. The van der Waals surface area contributed by atoms with E-state index >= 15 is 0 Å². The number of thioether (sulfide) groups is 1. The number of methoxy groups -OCH3 is 1. The smallest absolute Gasteiger partial charge is 0.263 e. The van der Waals surface area contributed by atoms with Gasteiger partial charge in [0.2, 0.25) is 0 Å². The zero-order valence-electron chi connectivity index (χ0n) is 15.1. The van der Waals surface area contributed by atoms with Crippen LogP contribution in [0, 0.1) is 0 Å². The van der Waals surface area contributed by atoms with Gasteiger partial charge >= 0.3 is 0 Å². The highest BCUT2D eigenvalue weighted by atomic mass is 32.2. The van der Waals surface area contributed by atoms with Crippen LogP contribution >= 0.6 is 23.1 Å². The van der Waals surface area contributed by atoms with E-state index in [4.69, 9.17) is 9.72 Å². The summed E-state index contributed by atoms with van der Waals surface area (Å²) in [4.78, 5) is 32.7. The Bertz CT molecular complexity index is 887. The maximum atomic E-state index is 13.2. The molecule has 2 aromatic heterocycles.